The number of carboxylic acids is 1. The lowest BCUT2D eigenvalue weighted by Gasteiger charge is -1.97. The SMILES string of the molecule is CCOC(=O)CC(=O)CCl.O=C(O)C(=NO)C(=O)CCl. The maximum absolute atomic E-state index is 10.5. The minimum Gasteiger partial charge on any atom is -0.476 e. The second-order valence-electron chi connectivity index (χ2n) is 2.96. The summed E-state index contributed by atoms with van der Waals surface area (Å²) in [6.07, 6.45) is -0.211. The summed E-state index contributed by atoms with van der Waals surface area (Å²) in [4.78, 5) is 41.3. The highest BCUT2D eigenvalue weighted by atomic mass is 35.5. The van der Waals surface area contributed by atoms with Gasteiger partial charge in [-0.1, -0.05) is 5.16 Å². The molecule has 0 aromatic heterocycles. The van der Waals surface area contributed by atoms with E-state index in [1.165, 1.54) is 0 Å². The number of carbonyl (C=O) groups is 4. The average Bonchev–Trinajstić information content (AvgIpc) is 2.39. The Hall–Kier alpha value is -1.67. The number of esters is 1. The number of hydrogen-bond donors (Lipinski definition) is 2. The predicted octanol–water partition coefficient (Wildman–Crippen LogP) is 0.457. The van der Waals surface area contributed by atoms with Gasteiger partial charge in [-0.3, -0.25) is 14.4 Å². The van der Waals surface area contributed by atoms with Crippen LogP contribution in [-0.2, 0) is 23.9 Å². The van der Waals surface area contributed by atoms with Gasteiger partial charge in [-0.25, -0.2) is 4.79 Å². The van der Waals surface area contributed by atoms with Gasteiger partial charge < -0.3 is 15.1 Å². The third-order valence-electron chi connectivity index (χ3n) is 1.48. The first-order valence-electron chi connectivity index (χ1n) is 5.11. The highest BCUT2D eigenvalue weighted by molar-refractivity contribution is 6.67. The number of halogens is 2. The van der Waals surface area contributed by atoms with Crippen molar-refractivity contribution in [1.82, 2.24) is 0 Å². The first-order valence-corrected chi connectivity index (χ1v) is 6.18. The van der Waals surface area contributed by atoms with E-state index in [1.807, 2.05) is 0 Å². The highest BCUT2D eigenvalue weighted by Crippen LogP contribution is 1.90. The fourth-order valence-corrected chi connectivity index (χ4v) is 0.922. The molecule has 2 N–H and O–H groups in total. The van der Waals surface area contributed by atoms with E-state index in [9.17, 15) is 19.2 Å². The maximum Gasteiger partial charge on any atom is 0.361 e. The molecule has 0 aliphatic carbocycles. The number of alkyl halides is 2. The number of ketones is 2. The van der Waals surface area contributed by atoms with Crippen LogP contribution in [-0.4, -0.2) is 57.9 Å². The van der Waals surface area contributed by atoms with E-state index in [0.29, 0.717) is 6.61 Å². The summed E-state index contributed by atoms with van der Waals surface area (Å²) in [5.74, 6) is -3.96. The quantitative estimate of drug-likeness (QED) is 0.173. The van der Waals surface area contributed by atoms with E-state index in [4.69, 9.17) is 33.5 Å². The van der Waals surface area contributed by atoms with Crippen LogP contribution in [0.5, 0.6) is 0 Å². The molecule has 0 bridgehead atoms. The van der Waals surface area contributed by atoms with Crippen molar-refractivity contribution >= 4 is 52.4 Å². The number of rotatable bonds is 7. The van der Waals surface area contributed by atoms with Gasteiger partial charge >= 0.3 is 11.9 Å². The van der Waals surface area contributed by atoms with Crippen molar-refractivity contribution in [3.63, 3.8) is 0 Å². The van der Waals surface area contributed by atoms with Gasteiger partial charge in [0.05, 0.1) is 18.4 Å². The average molecular weight is 330 g/mol. The highest BCUT2D eigenvalue weighted by Gasteiger charge is 2.18. The molecule has 0 spiro atoms. The second kappa shape index (κ2) is 12.4. The Kier molecular flexibility index (Phi) is 12.8. The molecule has 0 unspecified atom stereocenters. The van der Waals surface area contributed by atoms with Gasteiger partial charge in [-0.15, -0.1) is 23.2 Å². The number of carbonyl (C=O) groups excluding carboxylic acids is 3. The lowest BCUT2D eigenvalue weighted by atomic mass is 10.3. The largest absolute Gasteiger partial charge is 0.476 e. The summed E-state index contributed by atoms with van der Waals surface area (Å²) in [5, 5.41) is 18.3. The molecule has 0 amide bonds. The molecule has 0 heterocycles. The molecule has 0 aromatic carbocycles. The summed E-state index contributed by atoms with van der Waals surface area (Å²) in [7, 11) is 0. The monoisotopic (exact) mass is 329 g/mol. The molecule has 10 heteroatoms. The van der Waals surface area contributed by atoms with Crippen molar-refractivity contribution in [3.8, 4) is 0 Å². The van der Waals surface area contributed by atoms with Crippen LogP contribution in [0, 0.1) is 0 Å². The molecule has 114 valence electrons. The van der Waals surface area contributed by atoms with Crippen LogP contribution in [0.1, 0.15) is 13.3 Å². The Morgan fingerprint density at radius 3 is 1.95 bits per heavy atom. The van der Waals surface area contributed by atoms with Crippen molar-refractivity contribution < 1.29 is 34.2 Å². The Morgan fingerprint density at radius 2 is 1.70 bits per heavy atom. The molecule has 20 heavy (non-hydrogen) atoms. The summed E-state index contributed by atoms with van der Waals surface area (Å²) < 4.78 is 4.50. The Morgan fingerprint density at radius 1 is 1.15 bits per heavy atom. The molecule has 0 atom stereocenters. The fraction of sp³-hybridized carbons (Fsp3) is 0.500. The summed E-state index contributed by atoms with van der Waals surface area (Å²) in [6, 6.07) is 0. The van der Waals surface area contributed by atoms with Gasteiger partial charge in [0.2, 0.25) is 11.5 Å². The smallest absolute Gasteiger partial charge is 0.361 e. The van der Waals surface area contributed by atoms with E-state index in [1.54, 1.807) is 6.92 Å². The number of ether oxygens (including phenoxy) is 1. The van der Waals surface area contributed by atoms with Gasteiger partial charge in [0.25, 0.3) is 0 Å². The second-order valence-corrected chi connectivity index (χ2v) is 3.50. The molecule has 8 nitrogen and oxygen atoms in total. The van der Waals surface area contributed by atoms with Crippen LogP contribution in [0.25, 0.3) is 0 Å². The van der Waals surface area contributed by atoms with Crippen molar-refractivity contribution in [2.75, 3.05) is 18.4 Å². The van der Waals surface area contributed by atoms with Crippen molar-refractivity contribution in [3.05, 3.63) is 0 Å². The van der Waals surface area contributed by atoms with Gasteiger partial charge in [0.1, 0.15) is 6.42 Å². The molecule has 0 aliphatic heterocycles. The third kappa shape index (κ3) is 10.3. The first-order chi connectivity index (χ1) is 9.33. The summed E-state index contributed by atoms with van der Waals surface area (Å²) in [6.45, 7) is 1.98. The number of oxime groups is 1. The normalized spacial score (nSPS) is 10.1. The number of aliphatic carboxylic acids is 1. The first kappa shape index (κ1) is 20.6. The van der Waals surface area contributed by atoms with Crippen LogP contribution in [0.4, 0.5) is 0 Å². The van der Waals surface area contributed by atoms with Gasteiger partial charge in [-0.2, -0.15) is 0 Å². The van der Waals surface area contributed by atoms with Gasteiger partial charge in [-0.05, 0) is 6.92 Å². The molecule has 0 aromatic rings. The van der Waals surface area contributed by atoms with E-state index in [2.05, 4.69) is 9.89 Å². The molecule has 0 saturated heterocycles. The zero-order valence-electron chi connectivity index (χ0n) is 10.5. The van der Waals surface area contributed by atoms with Gasteiger partial charge in [0, 0.05) is 0 Å². The number of nitrogens with zero attached hydrogens (tertiary/aromatic N) is 1. The van der Waals surface area contributed by atoms with E-state index in [0.717, 1.165) is 0 Å². The van der Waals surface area contributed by atoms with E-state index < -0.39 is 29.3 Å². The standard InChI is InChI=1S/C6H9ClO3.C4H4ClNO4/c1-2-10-6(9)3-5(8)4-7;5-1-2(7)3(6-10)4(8)9/h2-4H2,1H3;10H,1H2,(H,8,9). The van der Waals surface area contributed by atoms with Crippen LogP contribution in [0.2, 0.25) is 0 Å². The van der Waals surface area contributed by atoms with Crippen LogP contribution in [0.15, 0.2) is 5.16 Å². The minimum absolute atomic E-state index is 0.126. The van der Waals surface area contributed by atoms with Crippen molar-refractivity contribution in [2.24, 2.45) is 5.16 Å². The number of carboxylic acid groups (broad SMARTS) is 1. The topological polar surface area (TPSA) is 130 Å². The zero-order valence-corrected chi connectivity index (χ0v) is 12.0. The molecular weight excluding hydrogens is 317 g/mol. The zero-order chi connectivity index (χ0) is 16.1. The number of Topliss-reactive ketones (excluding diaryl/α,β-unsaturated/α-hetero) is 2. The van der Waals surface area contributed by atoms with Crippen LogP contribution < -0.4 is 0 Å². The molecule has 0 radical (unpaired) electrons. The Balaban J connectivity index is 0. The lowest BCUT2D eigenvalue weighted by molar-refractivity contribution is -0.145. The Labute approximate surface area is 124 Å². The lowest BCUT2D eigenvalue weighted by Crippen LogP contribution is -2.24. The summed E-state index contributed by atoms with van der Waals surface area (Å²) >= 11 is 10.1. The van der Waals surface area contributed by atoms with Crippen LogP contribution in [0.3, 0.4) is 0 Å². The summed E-state index contributed by atoms with van der Waals surface area (Å²) in [5.41, 5.74) is -0.949. The van der Waals surface area contributed by atoms with Crippen molar-refractivity contribution in [1.29, 1.82) is 0 Å². The van der Waals surface area contributed by atoms with Crippen LogP contribution >= 0.6 is 23.2 Å². The van der Waals surface area contributed by atoms with Gasteiger partial charge in [0.15, 0.2) is 5.78 Å². The molecular formula is C10H13Cl2NO7. The molecule has 0 rings (SSSR count). The van der Waals surface area contributed by atoms with Crippen molar-refractivity contribution in [2.45, 2.75) is 13.3 Å². The molecule has 0 saturated carbocycles. The predicted molar refractivity (Wildman–Crippen MR) is 69.6 cm³/mol. The number of hydrogen-bond acceptors (Lipinski definition) is 7. The molecule has 0 fully saturated rings. The minimum atomic E-state index is -1.59. The third-order valence-corrected chi connectivity index (χ3v) is 2.02. The molecule has 0 aliphatic rings. The fourth-order valence-electron chi connectivity index (χ4n) is 0.701. The maximum atomic E-state index is 10.5. The van der Waals surface area contributed by atoms with E-state index >= 15 is 0 Å². The van der Waals surface area contributed by atoms with E-state index in [-0.39, 0.29) is 18.1 Å². The Bertz CT molecular complexity index is 395.